The maximum atomic E-state index is 11.2. The summed E-state index contributed by atoms with van der Waals surface area (Å²) >= 11 is 0. The van der Waals surface area contributed by atoms with Gasteiger partial charge in [-0.2, -0.15) is 0 Å². The second kappa shape index (κ2) is 4.43. The molecule has 0 saturated heterocycles. The van der Waals surface area contributed by atoms with Crippen LogP contribution in [0.1, 0.15) is 11.9 Å². The van der Waals surface area contributed by atoms with Crippen LogP contribution in [0.3, 0.4) is 0 Å². The average molecular weight is 232 g/mol. The molecule has 1 N–H and O–H groups in total. The number of esters is 1. The molecule has 0 bridgehead atoms. The van der Waals surface area contributed by atoms with E-state index in [1.54, 1.807) is 12.1 Å². The van der Waals surface area contributed by atoms with Crippen LogP contribution < -0.4 is 0 Å². The first-order chi connectivity index (χ1) is 8.13. The summed E-state index contributed by atoms with van der Waals surface area (Å²) in [6.07, 6.45) is -1.19. The van der Waals surface area contributed by atoms with Gasteiger partial charge in [-0.3, -0.25) is 0 Å². The van der Waals surface area contributed by atoms with Gasteiger partial charge in [0.25, 0.3) is 0 Å². The van der Waals surface area contributed by atoms with Crippen LogP contribution in [0.2, 0.25) is 0 Å². The van der Waals surface area contributed by atoms with Gasteiger partial charge in [0.05, 0.1) is 12.7 Å². The Morgan fingerprint density at radius 1 is 1.47 bits per heavy atom. The van der Waals surface area contributed by atoms with Gasteiger partial charge in [0.15, 0.2) is 0 Å². The number of aliphatic hydroxyl groups is 1. The number of fused-ring (bicyclic) bond motifs is 1. The number of carbonyl (C=O) groups is 1. The first-order valence-electron chi connectivity index (χ1n) is 5.07. The Hall–Kier alpha value is -2.07. The second-order valence-electron chi connectivity index (χ2n) is 3.61. The largest absolute Gasteiger partial charge is 0.466 e. The molecule has 1 heterocycles. The van der Waals surface area contributed by atoms with Gasteiger partial charge in [-0.1, -0.05) is 24.8 Å². The summed E-state index contributed by atoms with van der Waals surface area (Å²) in [5, 5.41) is 10.8. The van der Waals surface area contributed by atoms with E-state index in [0.29, 0.717) is 5.58 Å². The van der Waals surface area contributed by atoms with Gasteiger partial charge in [-0.05, 0) is 12.1 Å². The van der Waals surface area contributed by atoms with Crippen molar-refractivity contribution in [3.05, 3.63) is 48.2 Å². The summed E-state index contributed by atoms with van der Waals surface area (Å²) < 4.78 is 9.92. The topological polar surface area (TPSA) is 59.7 Å². The van der Waals surface area contributed by atoms with Crippen molar-refractivity contribution in [2.24, 2.45) is 0 Å². The normalized spacial score (nSPS) is 12.4. The van der Waals surface area contributed by atoms with Crippen LogP contribution in [0.15, 0.2) is 46.9 Å². The Morgan fingerprint density at radius 2 is 2.18 bits per heavy atom. The molecular weight excluding hydrogens is 220 g/mol. The zero-order valence-electron chi connectivity index (χ0n) is 9.34. The molecule has 4 nitrogen and oxygen atoms in total. The Bertz CT molecular complexity index is 535. The number of hydrogen-bond donors (Lipinski definition) is 1. The van der Waals surface area contributed by atoms with Gasteiger partial charge < -0.3 is 14.3 Å². The number of benzene rings is 1. The van der Waals surface area contributed by atoms with Crippen molar-refractivity contribution >= 4 is 16.9 Å². The van der Waals surface area contributed by atoms with E-state index < -0.39 is 12.1 Å². The number of hydrogen-bond acceptors (Lipinski definition) is 4. The molecule has 4 heteroatoms. The van der Waals surface area contributed by atoms with Crippen molar-refractivity contribution in [1.82, 2.24) is 0 Å². The van der Waals surface area contributed by atoms with Crippen molar-refractivity contribution in [1.29, 1.82) is 0 Å². The smallest absolute Gasteiger partial charge is 0.336 e. The lowest BCUT2D eigenvalue weighted by molar-refractivity contribution is -0.137. The third-order valence-corrected chi connectivity index (χ3v) is 2.49. The van der Waals surface area contributed by atoms with E-state index in [9.17, 15) is 9.90 Å². The van der Waals surface area contributed by atoms with Crippen molar-refractivity contribution in [3.63, 3.8) is 0 Å². The maximum absolute atomic E-state index is 11.2. The van der Waals surface area contributed by atoms with E-state index in [0.717, 1.165) is 5.39 Å². The predicted molar refractivity (Wildman–Crippen MR) is 62.3 cm³/mol. The van der Waals surface area contributed by atoms with Crippen molar-refractivity contribution in [2.75, 3.05) is 7.11 Å². The number of furan rings is 1. The number of methoxy groups -OCH3 is 1. The minimum Gasteiger partial charge on any atom is -0.466 e. The fraction of sp³-hybridized carbons (Fsp3) is 0.154. The van der Waals surface area contributed by atoms with Crippen molar-refractivity contribution < 1.29 is 19.1 Å². The minimum atomic E-state index is -1.19. The van der Waals surface area contributed by atoms with Crippen molar-refractivity contribution in [2.45, 2.75) is 6.10 Å². The van der Waals surface area contributed by atoms with Crippen LogP contribution in [0.4, 0.5) is 0 Å². The Morgan fingerprint density at radius 3 is 2.82 bits per heavy atom. The van der Waals surface area contributed by atoms with Gasteiger partial charge in [0.2, 0.25) is 0 Å². The molecule has 0 aliphatic heterocycles. The summed E-state index contributed by atoms with van der Waals surface area (Å²) in [5.74, 6) is -0.375. The fourth-order valence-electron chi connectivity index (χ4n) is 1.55. The standard InChI is InChI=1S/C13H12O4/c1-8(13(15)16-2)12(14)11-7-9-5-3-4-6-10(9)17-11/h3-7,12,14H,1H2,2H3. The SMILES string of the molecule is C=C(C(=O)OC)C(O)c1cc2ccccc2o1. The lowest BCUT2D eigenvalue weighted by Gasteiger charge is -2.08. The van der Waals surface area contributed by atoms with Crippen LogP contribution in [0.5, 0.6) is 0 Å². The number of carbonyl (C=O) groups excluding carboxylic acids is 1. The molecule has 0 fully saturated rings. The number of rotatable bonds is 3. The number of aliphatic hydroxyl groups excluding tert-OH is 1. The van der Waals surface area contributed by atoms with E-state index in [1.165, 1.54) is 7.11 Å². The Labute approximate surface area is 98.1 Å². The van der Waals surface area contributed by atoms with Crippen LogP contribution in [0, 0.1) is 0 Å². The highest BCUT2D eigenvalue weighted by Crippen LogP contribution is 2.27. The van der Waals surface area contributed by atoms with Gasteiger partial charge in [0, 0.05) is 5.39 Å². The molecule has 0 saturated carbocycles. The molecule has 0 radical (unpaired) electrons. The summed E-state index contributed by atoms with van der Waals surface area (Å²) in [7, 11) is 1.23. The molecule has 1 aromatic carbocycles. The Kier molecular flexibility index (Phi) is 2.97. The summed E-state index contributed by atoms with van der Waals surface area (Å²) in [5.41, 5.74) is 0.603. The Balaban J connectivity index is 2.33. The highest BCUT2D eigenvalue weighted by atomic mass is 16.5. The van der Waals surface area contributed by atoms with Gasteiger partial charge in [0.1, 0.15) is 17.4 Å². The third-order valence-electron chi connectivity index (χ3n) is 2.49. The molecule has 0 aliphatic carbocycles. The van der Waals surface area contributed by atoms with Crippen LogP contribution in [0.25, 0.3) is 11.0 Å². The molecule has 17 heavy (non-hydrogen) atoms. The molecule has 1 unspecified atom stereocenters. The summed E-state index contributed by atoms with van der Waals surface area (Å²) in [4.78, 5) is 11.2. The molecule has 0 aliphatic rings. The molecule has 88 valence electrons. The quantitative estimate of drug-likeness (QED) is 0.651. The third kappa shape index (κ3) is 2.07. The van der Waals surface area contributed by atoms with Crippen LogP contribution >= 0.6 is 0 Å². The highest BCUT2D eigenvalue weighted by Gasteiger charge is 2.22. The van der Waals surface area contributed by atoms with Gasteiger partial charge in [-0.15, -0.1) is 0 Å². The van der Waals surface area contributed by atoms with Gasteiger partial charge >= 0.3 is 5.97 Å². The number of para-hydroxylation sites is 1. The zero-order chi connectivity index (χ0) is 12.4. The lowest BCUT2D eigenvalue weighted by Crippen LogP contribution is -2.11. The van der Waals surface area contributed by atoms with E-state index in [2.05, 4.69) is 11.3 Å². The molecule has 1 atom stereocenters. The molecule has 1 aromatic heterocycles. The second-order valence-corrected chi connectivity index (χ2v) is 3.61. The van der Waals surface area contributed by atoms with Crippen LogP contribution in [-0.4, -0.2) is 18.2 Å². The predicted octanol–water partition coefficient (Wildman–Crippen LogP) is 2.20. The average Bonchev–Trinajstić information content (AvgIpc) is 2.79. The van der Waals surface area contributed by atoms with Crippen LogP contribution in [-0.2, 0) is 9.53 Å². The molecule has 2 aromatic rings. The first kappa shape index (κ1) is 11.4. The number of ether oxygens (including phenoxy) is 1. The van der Waals surface area contributed by atoms with E-state index in [-0.39, 0.29) is 11.3 Å². The van der Waals surface area contributed by atoms with E-state index >= 15 is 0 Å². The molecular formula is C13H12O4. The summed E-state index contributed by atoms with van der Waals surface area (Å²) in [6, 6.07) is 9.01. The maximum Gasteiger partial charge on any atom is 0.336 e. The monoisotopic (exact) mass is 232 g/mol. The zero-order valence-corrected chi connectivity index (χ0v) is 9.34. The molecule has 0 spiro atoms. The van der Waals surface area contributed by atoms with E-state index in [1.807, 2.05) is 18.2 Å². The lowest BCUT2D eigenvalue weighted by atomic mass is 10.1. The molecule has 0 amide bonds. The minimum absolute atomic E-state index is 0.0495. The highest BCUT2D eigenvalue weighted by molar-refractivity contribution is 5.89. The first-order valence-corrected chi connectivity index (χ1v) is 5.07. The van der Waals surface area contributed by atoms with Gasteiger partial charge in [-0.25, -0.2) is 4.79 Å². The fourth-order valence-corrected chi connectivity index (χ4v) is 1.55. The van der Waals surface area contributed by atoms with Crippen molar-refractivity contribution in [3.8, 4) is 0 Å². The summed E-state index contributed by atoms with van der Waals surface area (Å²) in [6.45, 7) is 3.49. The molecule has 2 rings (SSSR count). The van der Waals surface area contributed by atoms with E-state index in [4.69, 9.17) is 4.42 Å².